The molecule has 1 aliphatic rings. The second kappa shape index (κ2) is 11.1. The van der Waals surface area contributed by atoms with Crippen LogP contribution in [0.4, 0.5) is 28.8 Å². The largest absolute Gasteiger partial charge is 0.495 e. The number of nitrogens with zero attached hydrogens (tertiary/aromatic N) is 5. The van der Waals surface area contributed by atoms with Crippen molar-refractivity contribution < 1.29 is 4.74 Å². The number of ether oxygens (including phenoxy) is 1. The van der Waals surface area contributed by atoms with Crippen molar-refractivity contribution >= 4 is 65.9 Å². The van der Waals surface area contributed by atoms with Gasteiger partial charge in [0.25, 0.3) is 0 Å². The number of methoxy groups -OCH3 is 1. The van der Waals surface area contributed by atoms with Gasteiger partial charge < -0.3 is 19.9 Å². The number of piperazine rings is 1. The summed E-state index contributed by atoms with van der Waals surface area (Å²) in [6.45, 7) is 4.25. The van der Waals surface area contributed by atoms with E-state index in [0.717, 1.165) is 37.6 Å². The lowest BCUT2D eigenvalue weighted by Gasteiger charge is -2.34. The summed E-state index contributed by atoms with van der Waals surface area (Å²) in [5.41, 5.74) is 3.01. The molecule has 0 aliphatic carbocycles. The number of benzene rings is 2. The van der Waals surface area contributed by atoms with Crippen LogP contribution in [0.3, 0.4) is 0 Å². The van der Waals surface area contributed by atoms with Gasteiger partial charge in [-0.1, -0.05) is 16.1 Å². The van der Waals surface area contributed by atoms with Crippen molar-refractivity contribution in [2.45, 2.75) is 0 Å². The molecule has 1 aromatic heterocycles. The van der Waals surface area contributed by atoms with Crippen LogP contribution in [0.5, 0.6) is 5.75 Å². The van der Waals surface area contributed by atoms with Gasteiger partial charge in [0.2, 0.25) is 5.95 Å². The van der Waals surface area contributed by atoms with E-state index in [4.69, 9.17) is 21.3 Å². The number of likely N-dealkylation sites (N-methyl/N-ethyl adjacent to an activating group) is 1. The predicted octanol–water partition coefficient (Wildman–Crippen LogP) is 4.59. The van der Waals surface area contributed by atoms with Gasteiger partial charge in [0.05, 0.1) is 17.8 Å². The second-order valence-corrected chi connectivity index (χ2v) is 9.23. The molecule has 0 saturated carbocycles. The van der Waals surface area contributed by atoms with Gasteiger partial charge in [-0.2, -0.15) is 8.62 Å². The number of halogens is 2. The van der Waals surface area contributed by atoms with Crippen LogP contribution in [0.25, 0.3) is 0 Å². The first kappa shape index (κ1) is 23.7. The number of hydrogen-bond donors (Lipinski definition) is 2. The second-order valence-electron chi connectivity index (χ2n) is 7.57. The molecular formula is C23H27ClIN7O. The molecule has 0 atom stereocenters. The van der Waals surface area contributed by atoms with Crippen LogP contribution < -0.4 is 23.6 Å². The van der Waals surface area contributed by atoms with E-state index in [9.17, 15) is 0 Å². The molecule has 3 aromatic rings. The van der Waals surface area contributed by atoms with Gasteiger partial charge in [0.1, 0.15) is 5.75 Å². The predicted molar refractivity (Wildman–Crippen MR) is 146 cm³/mol. The smallest absolute Gasteiger partial charge is 0.229 e. The summed E-state index contributed by atoms with van der Waals surface area (Å²) in [7, 11) is 3.76. The Labute approximate surface area is 209 Å². The third-order valence-electron chi connectivity index (χ3n) is 5.40. The van der Waals surface area contributed by atoms with Gasteiger partial charge in [-0.05, 0) is 64.5 Å². The normalized spacial score (nSPS) is 14.2. The van der Waals surface area contributed by atoms with Crippen molar-refractivity contribution in [2.24, 2.45) is 0 Å². The Morgan fingerprint density at radius 2 is 1.85 bits per heavy atom. The number of hydrazine groups is 1. The van der Waals surface area contributed by atoms with Crippen molar-refractivity contribution in [2.75, 3.05) is 55.6 Å². The maximum Gasteiger partial charge on any atom is 0.229 e. The van der Waals surface area contributed by atoms with Crippen molar-refractivity contribution in [1.29, 1.82) is 0 Å². The first-order valence-corrected chi connectivity index (χ1v) is 13.5. The van der Waals surface area contributed by atoms with Crippen LogP contribution in [0.2, 0.25) is 5.02 Å². The third kappa shape index (κ3) is 5.91. The van der Waals surface area contributed by atoms with Crippen molar-refractivity contribution in [3.8, 4) is 5.75 Å². The molecule has 1 fully saturated rings. The molecule has 0 radical (unpaired) electrons. The fourth-order valence-corrected chi connectivity index (χ4v) is 4.62. The molecule has 1 saturated heterocycles. The van der Waals surface area contributed by atoms with E-state index in [-0.39, 0.29) is 0 Å². The van der Waals surface area contributed by atoms with E-state index >= 15 is 0 Å². The minimum absolute atomic E-state index is 0.509. The van der Waals surface area contributed by atoms with E-state index in [1.165, 1.54) is 5.69 Å². The molecule has 10 heteroatoms. The Hall–Kier alpha value is -2.47. The highest BCUT2D eigenvalue weighted by Crippen LogP contribution is 2.32. The zero-order valence-electron chi connectivity index (χ0n) is 18.6. The first-order chi connectivity index (χ1) is 16.1. The van der Waals surface area contributed by atoms with Gasteiger partial charge >= 0.3 is 0 Å². The van der Waals surface area contributed by atoms with E-state index in [2.05, 4.69) is 59.6 Å². The van der Waals surface area contributed by atoms with Crippen LogP contribution in [0, 0.1) is 0 Å². The zero-order valence-corrected chi connectivity index (χ0v) is 21.5. The van der Waals surface area contributed by atoms with E-state index in [0.29, 0.717) is 22.5 Å². The standard InChI is InChI=1S/C23H27ClIN7O/c1-25-29-32(19-8-9-20(24)21(16-19)33-3)22-10-11-26-23(28-22)27-17-4-6-18(7-5-17)31-14-12-30(2)13-15-31/h4-11,16,29H,1,12-15H2,2-3H3,(H,26,27,28). The summed E-state index contributed by atoms with van der Waals surface area (Å²) in [5, 5.41) is 5.73. The molecule has 2 N–H and O–H groups in total. The average molecular weight is 580 g/mol. The van der Waals surface area contributed by atoms with Crippen LogP contribution in [-0.2, 0) is 0 Å². The number of anilines is 5. The van der Waals surface area contributed by atoms with Crippen molar-refractivity contribution in [1.82, 2.24) is 18.5 Å². The molecule has 0 bridgehead atoms. The summed E-state index contributed by atoms with van der Waals surface area (Å²) in [6.07, 6.45) is 1.73. The maximum atomic E-state index is 6.20. The Bertz CT molecular complexity index is 1090. The fourth-order valence-electron chi connectivity index (χ4n) is 3.55. The summed E-state index contributed by atoms with van der Waals surface area (Å²) >= 11 is 5.68. The number of aromatic nitrogens is 2. The molecule has 0 unspecified atom stereocenters. The summed E-state index contributed by atoms with van der Waals surface area (Å²) in [6, 6.07) is 15.8. The van der Waals surface area contributed by atoms with Gasteiger partial charge in [-0.25, -0.2) is 4.98 Å². The van der Waals surface area contributed by atoms with E-state index in [1.54, 1.807) is 19.4 Å². The lowest BCUT2D eigenvalue weighted by Crippen LogP contribution is -2.44. The number of hydrogen-bond acceptors (Lipinski definition) is 8. The van der Waals surface area contributed by atoms with Gasteiger partial charge in [-0.3, -0.25) is 5.01 Å². The molecular weight excluding hydrogens is 553 g/mol. The van der Waals surface area contributed by atoms with Crippen LogP contribution in [0.15, 0.2) is 54.7 Å². The average Bonchev–Trinajstić information content (AvgIpc) is 2.84. The molecule has 0 spiro atoms. The Morgan fingerprint density at radius 1 is 1.09 bits per heavy atom. The minimum atomic E-state index is -0.516. The molecule has 4 rings (SSSR count). The van der Waals surface area contributed by atoms with Gasteiger partial charge in [0, 0.05) is 55.9 Å². The molecule has 33 heavy (non-hydrogen) atoms. The molecule has 0 amide bonds. The maximum absolute atomic E-state index is 6.20. The molecule has 2 heterocycles. The van der Waals surface area contributed by atoms with Crippen LogP contribution in [-0.4, -0.2) is 59.7 Å². The monoisotopic (exact) mass is 579 g/mol. The molecule has 8 nitrogen and oxygen atoms in total. The lowest BCUT2D eigenvalue weighted by atomic mass is 10.2. The summed E-state index contributed by atoms with van der Waals surface area (Å²) in [4.78, 5) is 13.9. The van der Waals surface area contributed by atoms with Crippen molar-refractivity contribution in [3.05, 3.63) is 59.8 Å². The molecule has 174 valence electrons. The number of rotatable bonds is 8. The van der Waals surface area contributed by atoms with Crippen LogP contribution in [0.1, 0.15) is 0 Å². The Balaban J connectivity index is 1.51. The third-order valence-corrected chi connectivity index (χ3v) is 6.53. The highest BCUT2D eigenvalue weighted by atomic mass is 127. The van der Waals surface area contributed by atoms with Gasteiger partial charge in [0.15, 0.2) is 5.82 Å². The number of nitrogens with one attached hydrogen (secondary N) is 2. The Kier molecular flexibility index (Phi) is 7.97. The summed E-state index contributed by atoms with van der Waals surface area (Å²) < 4.78 is 12.7. The van der Waals surface area contributed by atoms with Crippen LogP contribution >= 0.6 is 32.6 Å². The SMILES string of the molecule is C=INN(c1ccc(Cl)c(OC)c1)c1ccnc(Nc2ccc(N3CCN(C)CC3)cc2)n1. The zero-order chi connectivity index (χ0) is 23.2. The summed E-state index contributed by atoms with van der Waals surface area (Å²) in [5.74, 6) is 1.79. The van der Waals surface area contributed by atoms with E-state index < -0.39 is 21.0 Å². The minimum Gasteiger partial charge on any atom is -0.495 e. The lowest BCUT2D eigenvalue weighted by molar-refractivity contribution is 0.313. The van der Waals surface area contributed by atoms with Gasteiger partial charge in [-0.15, -0.1) is 0 Å². The highest BCUT2D eigenvalue weighted by molar-refractivity contribution is 14.2. The van der Waals surface area contributed by atoms with E-state index in [1.807, 2.05) is 23.2 Å². The Morgan fingerprint density at radius 3 is 2.55 bits per heavy atom. The topological polar surface area (TPSA) is 68.8 Å². The fraction of sp³-hybridized carbons (Fsp3) is 0.261. The first-order valence-electron chi connectivity index (χ1n) is 10.5. The van der Waals surface area contributed by atoms with Crippen molar-refractivity contribution in [3.63, 3.8) is 0 Å². The molecule has 2 aromatic carbocycles. The highest BCUT2D eigenvalue weighted by Gasteiger charge is 2.15. The molecule has 1 aliphatic heterocycles. The quantitative estimate of drug-likeness (QED) is 0.228.